The van der Waals surface area contributed by atoms with E-state index in [1.165, 1.54) is 0 Å². The lowest BCUT2D eigenvalue weighted by Gasteiger charge is -2.14. The normalized spacial score (nSPS) is 11.8. The Morgan fingerprint density at radius 1 is 1.12 bits per heavy atom. The third-order valence-electron chi connectivity index (χ3n) is 3.89. The molecule has 0 fully saturated rings. The van der Waals surface area contributed by atoms with Gasteiger partial charge in [-0.15, -0.1) is 0 Å². The predicted octanol–water partition coefficient (Wildman–Crippen LogP) is 4.42. The SMILES string of the molecule is C/C=C/COc1cc(C)c(OCCCCCNC/C(C)=N/OC)c(C)c1. The van der Waals surface area contributed by atoms with Gasteiger partial charge in [-0.3, -0.25) is 0 Å². The maximum Gasteiger partial charge on any atom is 0.125 e. The van der Waals surface area contributed by atoms with Crippen molar-refractivity contribution >= 4 is 5.71 Å². The molecule has 0 spiro atoms. The van der Waals surface area contributed by atoms with E-state index in [0.29, 0.717) is 6.61 Å². The van der Waals surface area contributed by atoms with Gasteiger partial charge in [-0.2, -0.15) is 0 Å². The first-order chi connectivity index (χ1) is 12.6. The summed E-state index contributed by atoms with van der Waals surface area (Å²) in [6, 6.07) is 4.08. The van der Waals surface area contributed by atoms with E-state index in [0.717, 1.165) is 67.3 Å². The molecule has 0 saturated carbocycles. The van der Waals surface area contributed by atoms with Crippen molar-refractivity contribution in [1.29, 1.82) is 0 Å². The standard InChI is InChI=1S/C21H34N2O3/c1-6-7-12-25-20-14-17(2)21(18(3)15-20)26-13-10-8-9-11-22-16-19(4)23-24-5/h6-7,14-15,22H,8-13,16H2,1-5H3/b7-6+,23-19+. The molecule has 0 bridgehead atoms. The van der Waals surface area contributed by atoms with E-state index in [-0.39, 0.29) is 0 Å². The number of benzene rings is 1. The molecule has 1 aromatic rings. The number of hydrogen-bond acceptors (Lipinski definition) is 5. The van der Waals surface area contributed by atoms with Gasteiger partial charge < -0.3 is 19.6 Å². The Bertz CT molecular complexity index is 560. The van der Waals surface area contributed by atoms with Gasteiger partial charge in [0.1, 0.15) is 25.2 Å². The van der Waals surface area contributed by atoms with E-state index in [2.05, 4.69) is 24.3 Å². The highest BCUT2D eigenvalue weighted by Crippen LogP contribution is 2.28. The topological polar surface area (TPSA) is 52.1 Å². The van der Waals surface area contributed by atoms with Gasteiger partial charge in [0, 0.05) is 6.54 Å². The second-order valence-corrected chi connectivity index (χ2v) is 6.36. The Kier molecular flexibility index (Phi) is 11.2. The van der Waals surface area contributed by atoms with Crippen LogP contribution in [-0.4, -0.2) is 39.1 Å². The van der Waals surface area contributed by atoms with E-state index in [4.69, 9.17) is 14.3 Å². The summed E-state index contributed by atoms with van der Waals surface area (Å²) in [4.78, 5) is 4.73. The van der Waals surface area contributed by atoms with Crippen LogP contribution in [0.2, 0.25) is 0 Å². The number of nitrogens with zero attached hydrogens (tertiary/aromatic N) is 1. The Morgan fingerprint density at radius 2 is 1.85 bits per heavy atom. The Balaban J connectivity index is 2.25. The Labute approximate surface area is 158 Å². The van der Waals surface area contributed by atoms with E-state index in [9.17, 15) is 0 Å². The molecule has 5 heteroatoms. The van der Waals surface area contributed by atoms with Crippen LogP contribution in [0.4, 0.5) is 0 Å². The van der Waals surface area contributed by atoms with Crippen LogP contribution in [0.5, 0.6) is 11.5 Å². The molecule has 1 N–H and O–H groups in total. The zero-order valence-corrected chi connectivity index (χ0v) is 16.9. The van der Waals surface area contributed by atoms with Crippen LogP contribution in [0.3, 0.4) is 0 Å². The van der Waals surface area contributed by atoms with Gasteiger partial charge in [0.2, 0.25) is 0 Å². The van der Waals surface area contributed by atoms with E-state index in [1.807, 2.05) is 38.1 Å². The number of rotatable bonds is 13. The van der Waals surface area contributed by atoms with Crippen molar-refractivity contribution in [2.24, 2.45) is 5.16 Å². The molecule has 0 saturated heterocycles. The molecule has 5 nitrogen and oxygen atoms in total. The van der Waals surface area contributed by atoms with Crippen molar-refractivity contribution in [3.8, 4) is 11.5 Å². The summed E-state index contributed by atoms with van der Waals surface area (Å²) in [5, 5.41) is 7.22. The van der Waals surface area contributed by atoms with E-state index >= 15 is 0 Å². The van der Waals surface area contributed by atoms with Gasteiger partial charge in [0.15, 0.2) is 0 Å². The predicted molar refractivity (Wildman–Crippen MR) is 109 cm³/mol. The van der Waals surface area contributed by atoms with Crippen LogP contribution in [-0.2, 0) is 4.84 Å². The van der Waals surface area contributed by atoms with Crippen LogP contribution < -0.4 is 14.8 Å². The molecule has 0 radical (unpaired) electrons. The molecule has 0 atom stereocenters. The van der Waals surface area contributed by atoms with Crippen LogP contribution >= 0.6 is 0 Å². The molecule has 0 aliphatic heterocycles. The van der Waals surface area contributed by atoms with Gasteiger partial charge in [0.25, 0.3) is 0 Å². The smallest absolute Gasteiger partial charge is 0.125 e. The highest BCUT2D eigenvalue weighted by molar-refractivity contribution is 5.83. The summed E-state index contributed by atoms with van der Waals surface area (Å²) in [5.41, 5.74) is 3.20. The molecule has 0 aromatic heterocycles. The molecule has 1 aromatic carbocycles. The number of oxime groups is 1. The Morgan fingerprint density at radius 3 is 2.50 bits per heavy atom. The highest BCUT2D eigenvalue weighted by atomic mass is 16.6. The third-order valence-corrected chi connectivity index (χ3v) is 3.89. The van der Waals surface area contributed by atoms with Gasteiger partial charge in [0.05, 0.1) is 12.3 Å². The minimum atomic E-state index is 0.598. The summed E-state index contributed by atoms with van der Waals surface area (Å²) in [7, 11) is 1.57. The molecule has 26 heavy (non-hydrogen) atoms. The number of allylic oxidation sites excluding steroid dienone is 1. The number of nitrogens with one attached hydrogen (secondary N) is 1. The largest absolute Gasteiger partial charge is 0.493 e. The maximum absolute atomic E-state index is 6.00. The fourth-order valence-electron chi connectivity index (χ4n) is 2.62. The van der Waals surface area contributed by atoms with Crippen LogP contribution in [0.15, 0.2) is 29.4 Å². The minimum absolute atomic E-state index is 0.598. The fourth-order valence-corrected chi connectivity index (χ4v) is 2.62. The second-order valence-electron chi connectivity index (χ2n) is 6.36. The Hall–Kier alpha value is -2.01. The first-order valence-corrected chi connectivity index (χ1v) is 9.33. The lowest BCUT2D eigenvalue weighted by atomic mass is 10.1. The van der Waals surface area contributed by atoms with E-state index in [1.54, 1.807) is 7.11 Å². The molecule has 0 amide bonds. The van der Waals surface area contributed by atoms with Crippen LogP contribution in [0.25, 0.3) is 0 Å². The molecular formula is C21H34N2O3. The van der Waals surface area contributed by atoms with Crippen LogP contribution in [0, 0.1) is 13.8 Å². The number of unbranched alkanes of at least 4 members (excludes halogenated alkanes) is 2. The third kappa shape index (κ3) is 8.90. The zero-order valence-electron chi connectivity index (χ0n) is 16.9. The molecule has 0 unspecified atom stereocenters. The van der Waals surface area contributed by atoms with E-state index < -0.39 is 0 Å². The second kappa shape index (κ2) is 13.2. The summed E-state index contributed by atoms with van der Waals surface area (Å²) >= 11 is 0. The number of aryl methyl sites for hydroxylation is 2. The van der Waals surface area contributed by atoms with Crippen molar-refractivity contribution in [3.05, 3.63) is 35.4 Å². The van der Waals surface area contributed by atoms with Gasteiger partial charge in [-0.25, -0.2) is 0 Å². The average Bonchev–Trinajstić information content (AvgIpc) is 2.59. The number of ether oxygens (including phenoxy) is 2. The number of hydrogen-bond donors (Lipinski definition) is 1. The zero-order chi connectivity index (χ0) is 19.2. The average molecular weight is 363 g/mol. The van der Waals surface area contributed by atoms with Crippen LogP contribution in [0.1, 0.15) is 44.2 Å². The highest BCUT2D eigenvalue weighted by Gasteiger charge is 2.07. The van der Waals surface area contributed by atoms with Crippen molar-refractivity contribution in [2.45, 2.75) is 47.0 Å². The van der Waals surface area contributed by atoms with Crippen molar-refractivity contribution < 1.29 is 14.3 Å². The van der Waals surface area contributed by atoms with Crippen molar-refractivity contribution in [3.63, 3.8) is 0 Å². The molecule has 0 aliphatic rings. The molecule has 0 heterocycles. The lowest BCUT2D eigenvalue weighted by Crippen LogP contribution is -2.22. The quantitative estimate of drug-likeness (QED) is 0.244. The summed E-state index contributed by atoms with van der Waals surface area (Å²) in [6.45, 7) is 11.2. The monoisotopic (exact) mass is 362 g/mol. The lowest BCUT2D eigenvalue weighted by molar-refractivity contribution is 0.212. The summed E-state index contributed by atoms with van der Waals surface area (Å²) in [6.07, 6.45) is 7.29. The molecule has 0 aliphatic carbocycles. The van der Waals surface area contributed by atoms with Crippen molar-refractivity contribution in [1.82, 2.24) is 5.32 Å². The molecule has 1 rings (SSSR count). The molecular weight excluding hydrogens is 328 g/mol. The first-order valence-electron chi connectivity index (χ1n) is 9.33. The first kappa shape index (κ1) is 22.0. The maximum atomic E-state index is 6.00. The fraction of sp³-hybridized carbons (Fsp3) is 0.571. The van der Waals surface area contributed by atoms with Gasteiger partial charge in [-0.05, 0) is 76.8 Å². The minimum Gasteiger partial charge on any atom is -0.493 e. The van der Waals surface area contributed by atoms with Gasteiger partial charge in [-0.1, -0.05) is 17.3 Å². The molecule has 146 valence electrons. The van der Waals surface area contributed by atoms with Gasteiger partial charge >= 0.3 is 0 Å². The summed E-state index contributed by atoms with van der Waals surface area (Å²) in [5.74, 6) is 1.87. The summed E-state index contributed by atoms with van der Waals surface area (Å²) < 4.78 is 11.7. The van der Waals surface area contributed by atoms with Crippen molar-refractivity contribution in [2.75, 3.05) is 33.4 Å².